The zero-order valence-corrected chi connectivity index (χ0v) is 12.5. The number of H-pyrrole nitrogens is 1. The van der Waals surface area contributed by atoms with Crippen LogP contribution in [0.15, 0.2) is 22.7 Å². The summed E-state index contributed by atoms with van der Waals surface area (Å²) >= 11 is 6.33. The second kappa shape index (κ2) is 5.48. The van der Waals surface area contributed by atoms with Gasteiger partial charge >= 0.3 is 0 Å². The quantitative estimate of drug-likeness (QED) is 0.662. The van der Waals surface area contributed by atoms with Crippen LogP contribution in [-0.2, 0) is 16.6 Å². The van der Waals surface area contributed by atoms with Crippen molar-refractivity contribution >= 4 is 38.6 Å². The Kier molecular flexibility index (Phi) is 4.09. The Morgan fingerprint density at radius 2 is 2.30 bits per heavy atom. The molecule has 0 aliphatic heterocycles. The number of thiophene rings is 1. The number of aromatic amines is 1. The molecule has 8 nitrogen and oxygen atoms in total. The summed E-state index contributed by atoms with van der Waals surface area (Å²) in [6.07, 6.45) is 3.06. The summed E-state index contributed by atoms with van der Waals surface area (Å²) in [5.74, 6) is 0. The molecule has 11 heteroatoms. The van der Waals surface area contributed by atoms with Gasteiger partial charge < -0.3 is 0 Å². The van der Waals surface area contributed by atoms with E-state index in [0.717, 1.165) is 10.4 Å². The average molecular weight is 337 g/mol. The van der Waals surface area contributed by atoms with Gasteiger partial charge in [0, 0.05) is 31.4 Å². The minimum absolute atomic E-state index is 0.0994. The van der Waals surface area contributed by atoms with Gasteiger partial charge in [0.1, 0.15) is 4.21 Å². The first-order valence-corrected chi connectivity index (χ1v) is 7.83. The standard InChI is InChI=1S/C9H9ClN4O4S2/c1-13(5-6-3-11-12-4-6)20(17,18)8-2-7(14(15)16)9(10)19-8/h2-4H,5H2,1H3,(H,11,12). The van der Waals surface area contributed by atoms with Crippen LogP contribution in [-0.4, -0.2) is 34.9 Å². The molecule has 0 bridgehead atoms. The lowest BCUT2D eigenvalue weighted by Crippen LogP contribution is -2.25. The Morgan fingerprint density at radius 1 is 1.60 bits per heavy atom. The maximum Gasteiger partial charge on any atom is 0.300 e. The maximum atomic E-state index is 12.3. The molecule has 2 rings (SSSR count). The first-order valence-electron chi connectivity index (χ1n) is 5.20. The Balaban J connectivity index is 2.30. The number of hydrogen-bond donors (Lipinski definition) is 1. The van der Waals surface area contributed by atoms with Gasteiger partial charge in [0.25, 0.3) is 15.7 Å². The molecule has 2 heterocycles. The Hall–Kier alpha value is -1.49. The lowest BCUT2D eigenvalue weighted by Gasteiger charge is -2.14. The van der Waals surface area contributed by atoms with Gasteiger partial charge in [-0.25, -0.2) is 8.42 Å². The summed E-state index contributed by atoms with van der Waals surface area (Å²) in [7, 11) is -2.45. The number of rotatable bonds is 5. The number of aromatic nitrogens is 2. The van der Waals surface area contributed by atoms with Crippen LogP contribution in [0.4, 0.5) is 5.69 Å². The van der Waals surface area contributed by atoms with Crippen LogP contribution in [0.1, 0.15) is 5.56 Å². The molecule has 0 atom stereocenters. The third-order valence-corrected chi connectivity index (χ3v) is 6.06. The number of halogens is 1. The van der Waals surface area contributed by atoms with Crippen molar-refractivity contribution < 1.29 is 13.3 Å². The van der Waals surface area contributed by atoms with E-state index < -0.39 is 20.6 Å². The lowest BCUT2D eigenvalue weighted by molar-refractivity contribution is -0.384. The first kappa shape index (κ1) is 14.9. The molecular weight excluding hydrogens is 328 g/mol. The number of hydrogen-bond acceptors (Lipinski definition) is 6. The summed E-state index contributed by atoms with van der Waals surface area (Å²) in [5.41, 5.74) is 0.264. The van der Waals surface area contributed by atoms with Crippen LogP contribution < -0.4 is 0 Å². The van der Waals surface area contributed by atoms with Crippen molar-refractivity contribution in [2.24, 2.45) is 0 Å². The van der Waals surface area contributed by atoms with Crippen molar-refractivity contribution in [3.8, 4) is 0 Å². The highest BCUT2D eigenvalue weighted by Crippen LogP contribution is 2.37. The van der Waals surface area contributed by atoms with E-state index in [1.807, 2.05) is 0 Å². The molecule has 0 amide bonds. The van der Waals surface area contributed by atoms with E-state index in [-0.39, 0.29) is 15.1 Å². The van der Waals surface area contributed by atoms with Crippen LogP contribution in [0.5, 0.6) is 0 Å². The Bertz CT molecular complexity index is 725. The fourth-order valence-electron chi connectivity index (χ4n) is 1.45. The minimum atomic E-state index is -3.83. The normalized spacial score (nSPS) is 11.9. The lowest BCUT2D eigenvalue weighted by atomic mass is 10.4. The monoisotopic (exact) mass is 336 g/mol. The second-order valence-corrected chi connectivity index (χ2v) is 7.78. The van der Waals surface area contributed by atoms with Crippen molar-refractivity contribution in [3.63, 3.8) is 0 Å². The Labute approximate surface area is 123 Å². The van der Waals surface area contributed by atoms with Crippen molar-refractivity contribution in [3.05, 3.63) is 38.5 Å². The highest BCUT2D eigenvalue weighted by Gasteiger charge is 2.28. The van der Waals surface area contributed by atoms with Gasteiger partial charge in [-0.1, -0.05) is 11.6 Å². The molecule has 20 heavy (non-hydrogen) atoms. The largest absolute Gasteiger partial charge is 0.300 e. The molecule has 108 valence electrons. The second-order valence-electron chi connectivity index (χ2n) is 3.85. The molecule has 0 aromatic carbocycles. The number of sulfonamides is 1. The molecule has 0 fully saturated rings. The smallest absolute Gasteiger partial charge is 0.285 e. The molecular formula is C9H9ClN4O4S2. The van der Waals surface area contributed by atoms with Crippen molar-refractivity contribution in [1.82, 2.24) is 14.5 Å². The highest BCUT2D eigenvalue weighted by molar-refractivity contribution is 7.91. The van der Waals surface area contributed by atoms with E-state index in [1.54, 1.807) is 6.20 Å². The summed E-state index contributed by atoms with van der Waals surface area (Å²) in [6, 6.07) is 0.966. The summed E-state index contributed by atoms with van der Waals surface area (Å²) in [5, 5.41) is 17.0. The van der Waals surface area contributed by atoms with Crippen molar-refractivity contribution in [2.45, 2.75) is 10.8 Å². The van der Waals surface area contributed by atoms with Gasteiger partial charge in [0.05, 0.1) is 11.1 Å². The molecule has 0 aliphatic carbocycles. The van der Waals surface area contributed by atoms with Crippen molar-refractivity contribution in [2.75, 3.05) is 7.05 Å². The third kappa shape index (κ3) is 2.82. The SMILES string of the molecule is CN(Cc1cn[nH]c1)S(=O)(=O)c1cc([N+](=O)[O-])c(Cl)s1. The number of nitro groups is 1. The van der Waals surface area contributed by atoms with Crippen molar-refractivity contribution in [1.29, 1.82) is 0 Å². The first-order chi connectivity index (χ1) is 9.32. The van der Waals surface area contributed by atoms with Crippen LogP contribution in [0.25, 0.3) is 0 Å². The van der Waals surface area contributed by atoms with Gasteiger partial charge in [-0.2, -0.15) is 9.40 Å². The summed E-state index contributed by atoms with van der Waals surface area (Å²) < 4.78 is 25.3. The van der Waals surface area contributed by atoms with Crippen LogP contribution >= 0.6 is 22.9 Å². The number of nitrogens with zero attached hydrogens (tertiary/aromatic N) is 3. The predicted octanol–water partition coefficient (Wildman–Crippen LogP) is 1.85. The fourth-order valence-corrected chi connectivity index (χ4v) is 4.48. The topological polar surface area (TPSA) is 109 Å². The molecule has 0 spiro atoms. The molecule has 1 N–H and O–H groups in total. The van der Waals surface area contributed by atoms with E-state index in [9.17, 15) is 18.5 Å². The van der Waals surface area contributed by atoms with E-state index in [0.29, 0.717) is 16.9 Å². The molecule has 2 aromatic heterocycles. The van der Waals surface area contributed by atoms with Gasteiger partial charge in [-0.3, -0.25) is 15.2 Å². The highest BCUT2D eigenvalue weighted by atomic mass is 35.5. The maximum absolute atomic E-state index is 12.3. The van der Waals surface area contributed by atoms with E-state index in [1.165, 1.54) is 13.2 Å². The molecule has 0 aliphatic rings. The van der Waals surface area contributed by atoms with Gasteiger partial charge in [0.15, 0.2) is 4.34 Å². The zero-order chi connectivity index (χ0) is 14.9. The summed E-state index contributed by atoms with van der Waals surface area (Å²) in [4.78, 5) is 9.98. The van der Waals surface area contributed by atoms with E-state index in [2.05, 4.69) is 10.2 Å². The van der Waals surface area contributed by atoms with Gasteiger partial charge in [-0.05, 0) is 0 Å². The average Bonchev–Trinajstić information content (AvgIpc) is 2.98. The molecule has 0 radical (unpaired) electrons. The minimum Gasteiger partial charge on any atom is -0.285 e. The third-order valence-electron chi connectivity index (χ3n) is 2.47. The molecule has 0 saturated heterocycles. The van der Waals surface area contributed by atoms with Gasteiger partial charge in [-0.15, -0.1) is 11.3 Å². The van der Waals surface area contributed by atoms with Crippen LogP contribution in [0.3, 0.4) is 0 Å². The molecule has 2 aromatic rings. The fraction of sp³-hybridized carbons (Fsp3) is 0.222. The predicted molar refractivity (Wildman–Crippen MR) is 73.2 cm³/mol. The molecule has 0 saturated carbocycles. The summed E-state index contributed by atoms with van der Waals surface area (Å²) in [6.45, 7) is 0.0994. The van der Waals surface area contributed by atoms with E-state index in [4.69, 9.17) is 11.6 Å². The van der Waals surface area contributed by atoms with Crippen LogP contribution in [0.2, 0.25) is 4.34 Å². The molecule has 0 unspecified atom stereocenters. The zero-order valence-electron chi connectivity index (χ0n) is 10.1. The number of nitrogens with one attached hydrogen (secondary N) is 1. The van der Waals surface area contributed by atoms with E-state index >= 15 is 0 Å². The Morgan fingerprint density at radius 3 is 2.80 bits per heavy atom. The van der Waals surface area contributed by atoms with Gasteiger partial charge in [0.2, 0.25) is 0 Å². The van der Waals surface area contributed by atoms with Crippen LogP contribution in [0, 0.1) is 10.1 Å².